The molecule has 0 aliphatic rings. The number of H-pyrrole nitrogens is 2. The van der Waals surface area contributed by atoms with E-state index in [2.05, 4.69) is 71.6 Å². The molecule has 7 rings (SSSR count). The first kappa shape index (κ1) is 22.1. The third-order valence-electron chi connectivity index (χ3n) is 6.53. The van der Waals surface area contributed by atoms with Gasteiger partial charge in [0, 0.05) is 45.4 Å². The first-order valence-electron chi connectivity index (χ1n) is 12.0. The summed E-state index contributed by atoms with van der Waals surface area (Å²) in [5.74, 6) is -0.184. The van der Waals surface area contributed by atoms with Crippen molar-refractivity contribution in [2.75, 3.05) is 5.32 Å². The summed E-state index contributed by atoms with van der Waals surface area (Å²) in [7, 11) is 0. The molecule has 0 saturated heterocycles. The summed E-state index contributed by atoms with van der Waals surface area (Å²) in [6.45, 7) is 0. The van der Waals surface area contributed by atoms with Crippen LogP contribution in [0.3, 0.4) is 0 Å². The Kier molecular flexibility index (Phi) is 5.30. The van der Waals surface area contributed by atoms with Crippen molar-refractivity contribution in [1.82, 2.24) is 25.1 Å². The Bertz CT molecular complexity index is 1920. The number of thiophene rings is 1. The Morgan fingerprint density at radius 2 is 1.74 bits per heavy atom. The van der Waals surface area contributed by atoms with Crippen LogP contribution in [0.1, 0.15) is 10.4 Å². The predicted molar refractivity (Wildman–Crippen MR) is 152 cm³/mol. The monoisotopic (exact) mass is 512 g/mol. The number of benzene rings is 2. The highest BCUT2D eigenvalue weighted by atomic mass is 32.1. The van der Waals surface area contributed by atoms with Crippen molar-refractivity contribution in [3.63, 3.8) is 0 Å². The third kappa shape index (κ3) is 3.93. The number of fused-ring (bicyclic) bond motifs is 2. The molecule has 7 nitrogen and oxygen atoms in total. The lowest BCUT2D eigenvalue weighted by Crippen LogP contribution is -2.11. The Morgan fingerprint density at radius 3 is 2.61 bits per heavy atom. The second kappa shape index (κ2) is 9.10. The number of aromatic nitrogens is 5. The van der Waals surface area contributed by atoms with E-state index in [9.17, 15) is 4.79 Å². The van der Waals surface area contributed by atoms with Crippen molar-refractivity contribution in [1.29, 1.82) is 0 Å². The molecule has 0 bridgehead atoms. The van der Waals surface area contributed by atoms with Crippen molar-refractivity contribution in [3.05, 3.63) is 108 Å². The van der Waals surface area contributed by atoms with Crippen LogP contribution in [0.2, 0.25) is 0 Å². The van der Waals surface area contributed by atoms with Gasteiger partial charge in [-0.15, -0.1) is 0 Å². The summed E-state index contributed by atoms with van der Waals surface area (Å²) in [6, 6.07) is 23.6. The number of hydrogen-bond donors (Lipinski definition) is 3. The maximum absolute atomic E-state index is 12.6. The maximum Gasteiger partial charge on any atom is 0.255 e. The van der Waals surface area contributed by atoms with Crippen LogP contribution in [-0.2, 0) is 0 Å². The van der Waals surface area contributed by atoms with Gasteiger partial charge in [-0.25, -0.2) is 4.98 Å². The molecule has 8 heteroatoms. The molecule has 0 fully saturated rings. The fourth-order valence-electron chi connectivity index (χ4n) is 4.68. The van der Waals surface area contributed by atoms with E-state index in [0.717, 1.165) is 38.8 Å². The van der Waals surface area contributed by atoms with Gasteiger partial charge >= 0.3 is 0 Å². The summed E-state index contributed by atoms with van der Waals surface area (Å²) in [6.07, 6.45) is 5.18. The highest BCUT2D eigenvalue weighted by molar-refractivity contribution is 7.08. The number of pyridine rings is 2. The van der Waals surface area contributed by atoms with Gasteiger partial charge in [0.1, 0.15) is 5.69 Å². The Hall–Kier alpha value is -5.08. The molecule has 1 amide bonds. The highest BCUT2D eigenvalue weighted by Crippen LogP contribution is 2.35. The van der Waals surface area contributed by atoms with Gasteiger partial charge in [-0.1, -0.05) is 30.3 Å². The zero-order chi connectivity index (χ0) is 25.5. The van der Waals surface area contributed by atoms with Crippen LogP contribution in [0.4, 0.5) is 5.69 Å². The molecule has 7 aromatic rings. The summed E-state index contributed by atoms with van der Waals surface area (Å²) < 4.78 is 0. The quantitative estimate of drug-likeness (QED) is 0.228. The van der Waals surface area contributed by atoms with Crippen molar-refractivity contribution < 1.29 is 4.79 Å². The van der Waals surface area contributed by atoms with Gasteiger partial charge < -0.3 is 10.3 Å². The van der Waals surface area contributed by atoms with Gasteiger partial charge in [0.2, 0.25) is 0 Å². The lowest BCUT2D eigenvalue weighted by molar-refractivity contribution is 0.102. The standard InChI is InChI=1S/C30H20N6OS/c37-30(18-5-2-1-3-6-18)33-22-11-20(14-31-16-22)21-12-25-28(35-36-29(25)32-15-21)27-13-24-23(19-9-10-38-17-19)7-4-8-26(24)34-27/h1-17,34H,(H,33,37)(H,32,35,36). The molecule has 182 valence electrons. The van der Waals surface area contributed by atoms with Gasteiger partial charge in [0.05, 0.1) is 17.6 Å². The van der Waals surface area contributed by atoms with E-state index >= 15 is 0 Å². The molecule has 0 aliphatic carbocycles. The molecule has 0 aliphatic heterocycles. The smallest absolute Gasteiger partial charge is 0.255 e. The van der Waals surface area contributed by atoms with Gasteiger partial charge in [0.15, 0.2) is 5.65 Å². The van der Waals surface area contributed by atoms with Crippen LogP contribution in [0.5, 0.6) is 0 Å². The first-order valence-corrected chi connectivity index (χ1v) is 13.0. The molecule has 5 aromatic heterocycles. The maximum atomic E-state index is 12.6. The van der Waals surface area contributed by atoms with E-state index < -0.39 is 0 Å². The molecule has 3 N–H and O–H groups in total. The van der Waals surface area contributed by atoms with Crippen molar-refractivity contribution in [2.45, 2.75) is 0 Å². The van der Waals surface area contributed by atoms with E-state index in [4.69, 9.17) is 0 Å². The van der Waals surface area contributed by atoms with Crippen molar-refractivity contribution in [2.24, 2.45) is 0 Å². The highest BCUT2D eigenvalue weighted by Gasteiger charge is 2.15. The molecular weight excluding hydrogens is 492 g/mol. The van der Waals surface area contributed by atoms with Gasteiger partial charge in [-0.05, 0) is 64.4 Å². The number of nitrogens with one attached hydrogen (secondary N) is 3. The van der Waals surface area contributed by atoms with Crippen molar-refractivity contribution >= 4 is 44.9 Å². The Morgan fingerprint density at radius 1 is 0.842 bits per heavy atom. The largest absolute Gasteiger partial charge is 0.353 e. The van der Waals surface area contributed by atoms with E-state index in [1.54, 1.807) is 42.1 Å². The zero-order valence-corrected chi connectivity index (χ0v) is 20.8. The molecule has 0 saturated carbocycles. The summed E-state index contributed by atoms with van der Waals surface area (Å²) >= 11 is 1.69. The first-order chi connectivity index (χ1) is 18.7. The lowest BCUT2D eigenvalue weighted by atomic mass is 10.0. The number of aromatic amines is 2. The van der Waals surface area contributed by atoms with E-state index in [0.29, 0.717) is 16.9 Å². The number of carbonyl (C=O) groups excluding carboxylic acids is 1. The van der Waals surface area contributed by atoms with Crippen molar-refractivity contribution in [3.8, 4) is 33.6 Å². The summed E-state index contributed by atoms with van der Waals surface area (Å²) in [5.41, 5.74) is 8.76. The molecule has 0 radical (unpaired) electrons. The fourth-order valence-corrected chi connectivity index (χ4v) is 5.33. The normalized spacial score (nSPS) is 11.3. The topological polar surface area (TPSA) is 99.3 Å². The van der Waals surface area contributed by atoms with E-state index in [1.165, 1.54) is 11.1 Å². The number of hydrogen-bond acceptors (Lipinski definition) is 5. The number of nitrogens with zero attached hydrogens (tertiary/aromatic N) is 3. The molecule has 0 atom stereocenters. The zero-order valence-electron chi connectivity index (χ0n) is 20.0. The van der Waals surface area contributed by atoms with Crippen LogP contribution in [0.25, 0.3) is 55.6 Å². The molecule has 0 unspecified atom stereocenters. The number of anilines is 1. The molecule has 38 heavy (non-hydrogen) atoms. The number of carbonyl (C=O) groups is 1. The third-order valence-corrected chi connectivity index (χ3v) is 7.22. The number of rotatable bonds is 5. The SMILES string of the molecule is O=C(Nc1cncc(-c2cnc3[nH]nc(-c4cc5c(-c6ccsc6)cccc5[nH]4)c3c2)c1)c1ccccc1. The molecule has 5 heterocycles. The van der Waals surface area contributed by atoms with Crippen LogP contribution >= 0.6 is 11.3 Å². The minimum Gasteiger partial charge on any atom is -0.353 e. The van der Waals surface area contributed by atoms with Gasteiger partial charge in [0.25, 0.3) is 5.91 Å². The second-order valence-electron chi connectivity index (χ2n) is 8.94. The average Bonchev–Trinajstić information content (AvgIpc) is 3.73. The molecule has 0 spiro atoms. The van der Waals surface area contributed by atoms with Crippen LogP contribution < -0.4 is 5.32 Å². The molecular formula is C30H20N6OS. The Balaban J connectivity index is 1.25. The van der Waals surface area contributed by atoms with E-state index in [1.807, 2.05) is 30.3 Å². The lowest BCUT2D eigenvalue weighted by Gasteiger charge is -2.07. The van der Waals surface area contributed by atoms with E-state index in [-0.39, 0.29) is 5.91 Å². The molecule has 2 aromatic carbocycles. The van der Waals surface area contributed by atoms with Gasteiger partial charge in [-0.3, -0.25) is 14.9 Å². The minimum atomic E-state index is -0.184. The summed E-state index contributed by atoms with van der Waals surface area (Å²) in [5, 5.41) is 16.9. The predicted octanol–water partition coefficient (Wildman–Crippen LogP) is 7.15. The average molecular weight is 513 g/mol. The Labute approximate surface area is 221 Å². The van der Waals surface area contributed by atoms with Crippen LogP contribution in [0.15, 0.2) is 102 Å². The fraction of sp³-hybridized carbons (Fsp3) is 0. The minimum absolute atomic E-state index is 0.184. The second-order valence-corrected chi connectivity index (χ2v) is 9.72. The van der Waals surface area contributed by atoms with Crippen LogP contribution in [0, 0.1) is 0 Å². The summed E-state index contributed by atoms with van der Waals surface area (Å²) in [4.78, 5) is 25.1. The van der Waals surface area contributed by atoms with Gasteiger partial charge in [-0.2, -0.15) is 16.4 Å². The van der Waals surface area contributed by atoms with Crippen LogP contribution in [-0.4, -0.2) is 31.1 Å². The number of amides is 1.